The van der Waals surface area contributed by atoms with Crippen molar-refractivity contribution in [3.63, 3.8) is 0 Å². The smallest absolute Gasteiger partial charge is 0.421 e. The number of hydrogen-bond donors (Lipinski definition) is 0. The van der Waals surface area contributed by atoms with Crippen molar-refractivity contribution in [1.29, 1.82) is 0 Å². The molecule has 0 unspecified atom stereocenters. The molecule has 4 heterocycles. The summed E-state index contributed by atoms with van der Waals surface area (Å²) >= 11 is 0. The molecule has 0 amide bonds. The predicted molar refractivity (Wildman–Crippen MR) is 135 cm³/mol. The molecule has 38 heavy (non-hydrogen) atoms. The van der Waals surface area contributed by atoms with Gasteiger partial charge in [0.1, 0.15) is 29.8 Å². The Balaban J connectivity index is 1.50. The van der Waals surface area contributed by atoms with Crippen molar-refractivity contribution < 1.29 is 17.9 Å². The minimum atomic E-state index is -4.74. The first-order chi connectivity index (χ1) is 18.1. The molecule has 0 saturated carbocycles. The Labute approximate surface area is 215 Å². The molecule has 0 fully saturated rings. The van der Waals surface area contributed by atoms with Gasteiger partial charge in [0, 0.05) is 41.6 Å². The molecule has 194 valence electrons. The first-order valence-electron chi connectivity index (χ1n) is 11.7. The first kappa shape index (κ1) is 25.1. The summed E-state index contributed by atoms with van der Waals surface area (Å²) in [6.07, 6.45) is -0.379. The highest BCUT2D eigenvalue weighted by Gasteiger charge is 2.34. The standard InChI is InChI=1S/C27H23F3N6O2/c1-16-9-10-31-22(13-36-11-5-7-21(26(36)37)27(28,29)30)20(16)14-38-23-8-4-6-18-19(12-17(2)34-24(18)23)25-32-15-33-35(25)3/h4-12,15H,13-14H2,1-3H3. The van der Waals surface area contributed by atoms with Gasteiger partial charge in [0.05, 0.1) is 12.2 Å². The van der Waals surface area contributed by atoms with Gasteiger partial charge >= 0.3 is 6.18 Å². The van der Waals surface area contributed by atoms with Crippen LogP contribution in [0, 0.1) is 13.8 Å². The summed E-state index contributed by atoms with van der Waals surface area (Å²) in [6.45, 7) is 3.69. The number of aryl methyl sites for hydroxylation is 3. The van der Waals surface area contributed by atoms with Gasteiger partial charge in [0.2, 0.25) is 0 Å². The normalized spacial score (nSPS) is 11.7. The summed E-state index contributed by atoms with van der Waals surface area (Å²) in [4.78, 5) is 25.9. The quantitative estimate of drug-likeness (QED) is 0.318. The number of para-hydroxylation sites is 1. The van der Waals surface area contributed by atoms with Gasteiger partial charge in [-0.3, -0.25) is 9.78 Å². The maximum Gasteiger partial charge on any atom is 0.421 e. The highest BCUT2D eigenvalue weighted by Crippen LogP contribution is 2.33. The summed E-state index contributed by atoms with van der Waals surface area (Å²) in [7, 11) is 1.81. The first-order valence-corrected chi connectivity index (χ1v) is 11.7. The zero-order chi connectivity index (χ0) is 27.0. The van der Waals surface area contributed by atoms with Gasteiger partial charge in [-0.25, -0.2) is 14.6 Å². The van der Waals surface area contributed by atoms with Crippen LogP contribution in [0.1, 0.15) is 28.1 Å². The van der Waals surface area contributed by atoms with Gasteiger partial charge in [0.25, 0.3) is 5.56 Å². The topological polar surface area (TPSA) is 87.7 Å². The maximum atomic E-state index is 13.3. The molecule has 0 aliphatic rings. The predicted octanol–water partition coefficient (Wildman–Crippen LogP) is 4.85. The Morgan fingerprint density at radius 1 is 1.05 bits per heavy atom. The van der Waals surface area contributed by atoms with Crippen LogP contribution in [-0.2, 0) is 26.4 Å². The summed E-state index contributed by atoms with van der Waals surface area (Å²) in [5, 5.41) is 5.00. The fraction of sp³-hybridized carbons (Fsp3) is 0.222. The largest absolute Gasteiger partial charge is 0.487 e. The van der Waals surface area contributed by atoms with Crippen LogP contribution in [0.4, 0.5) is 13.2 Å². The van der Waals surface area contributed by atoms with E-state index in [1.807, 2.05) is 39.1 Å². The Morgan fingerprint density at radius 3 is 2.61 bits per heavy atom. The fourth-order valence-corrected chi connectivity index (χ4v) is 4.36. The summed E-state index contributed by atoms with van der Waals surface area (Å²) in [5.41, 5.74) is 1.88. The lowest BCUT2D eigenvalue weighted by Gasteiger charge is -2.16. The Bertz CT molecular complexity index is 1710. The number of aromatic nitrogens is 6. The summed E-state index contributed by atoms with van der Waals surface area (Å²) in [5.74, 6) is 1.22. The second kappa shape index (κ2) is 9.73. The number of hydrogen-bond acceptors (Lipinski definition) is 6. The van der Waals surface area contributed by atoms with E-state index in [9.17, 15) is 18.0 Å². The molecule has 4 aromatic heterocycles. The Hall–Kier alpha value is -4.54. The average molecular weight is 521 g/mol. The van der Waals surface area contributed by atoms with Gasteiger partial charge < -0.3 is 9.30 Å². The van der Waals surface area contributed by atoms with E-state index >= 15 is 0 Å². The highest BCUT2D eigenvalue weighted by molar-refractivity contribution is 5.96. The molecule has 0 N–H and O–H groups in total. The van der Waals surface area contributed by atoms with Crippen molar-refractivity contribution in [1.82, 2.24) is 29.3 Å². The van der Waals surface area contributed by atoms with Crippen LogP contribution >= 0.6 is 0 Å². The van der Waals surface area contributed by atoms with Gasteiger partial charge in [-0.05, 0) is 49.7 Å². The molecule has 0 bridgehead atoms. The third kappa shape index (κ3) is 4.74. The molecule has 0 radical (unpaired) electrons. The number of benzene rings is 1. The molecule has 0 saturated heterocycles. The van der Waals surface area contributed by atoms with Crippen LogP contribution in [0.5, 0.6) is 5.75 Å². The van der Waals surface area contributed by atoms with E-state index in [-0.39, 0.29) is 13.2 Å². The highest BCUT2D eigenvalue weighted by atomic mass is 19.4. The van der Waals surface area contributed by atoms with Crippen LogP contribution in [0.3, 0.4) is 0 Å². The lowest BCUT2D eigenvalue weighted by molar-refractivity contribution is -0.138. The second-order valence-corrected chi connectivity index (χ2v) is 8.87. The van der Waals surface area contributed by atoms with Gasteiger partial charge in [-0.2, -0.15) is 18.3 Å². The maximum absolute atomic E-state index is 13.3. The number of alkyl halides is 3. The summed E-state index contributed by atoms with van der Waals surface area (Å²) in [6, 6.07) is 11.3. The Morgan fingerprint density at radius 2 is 1.87 bits per heavy atom. The molecular weight excluding hydrogens is 497 g/mol. The minimum Gasteiger partial charge on any atom is -0.487 e. The minimum absolute atomic E-state index is 0.0801. The molecule has 11 heteroatoms. The van der Waals surface area contributed by atoms with E-state index in [0.717, 1.165) is 32.8 Å². The number of fused-ring (bicyclic) bond motifs is 1. The average Bonchev–Trinajstić information content (AvgIpc) is 3.29. The van der Waals surface area contributed by atoms with E-state index in [2.05, 4.69) is 15.1 Å². The van der Waals surface area contributed by atoms with Crippen LogP contribution in [0.2, 0.25) is 0 Å². The van der Waals surface area contributed by atoms with Crippen molar-refractivity contribution in [2.24, 2.45) is 7.05 Å². The second-order valence-electron chi connectivity index (χ2n) is 8.87. The molecule has 0 atom stereocenters. The van der Waals surface area contributed by atoms with E-state index in [4.69, 9.17) is 9.72 Å². The fourth-order valence-electron chi connectivity index (χ4n) is 4.36. The number of pyridine rings is 3. The number of rotatable bonds is 6. The molecule has 0 aliphatic heterocycles. The molecule has 0 aliphatic carbocycles. The van der Waals surface area contributed by atoms with Crippen molar-refractivity contribution >= 4 is 10.9 Å². The van der Waals surface area contributed by atoms with Gasteiger partial charge in [-0.15, -0.1) is 0 Å². The van der Waals surface area contributed by atoms with E-state index in [0.29, 0.717) is 28.3 Å². The lowest BCUT2D eigenvalue weighted by atomic mass is 10.1. The summed E-state index contributed by atoms with van der Waals surface area (Å²) < 4.78 is 48.7. The lowest BCUT2D eigenvalue weighted by Crippen LogP contribution is -2.29. The molecule has 8 nitrogen and oxygen atoms in total. The van der Waals surface area contributed by atoms with Crippen LogP contribution in [0.15, 0.2) is 66.0 Å². The van der Waals surface area contributed by atoms with E-state index in [1.54, 1.807) is 23.0 Å². The van der Waals surface area contributed by atoms with Crippen molar-refractivity contribution in [2.75, 3.05) is 0 Å². The SMILES string of the molecule is Cc1cc(-c2ncnn2C)c2cccc(OCc3c(C)ccnc3Cn3cccc(C(F)(F)F)c3=O)c2n1. The molecule has 5 rings (SSSR count). The molecule has 5 aromatic rings. The zero-order valence-electron chi connectivity index (χ0n) is 20.8. The molecule has 0 spiro atoms. The van der Waals surface area contributed by atoms with Crippen molar-refractivity contribution in [3.8, 4) is 17.1 Å². The van der Waals surface area contributed by atoms with Crippen molar-refractivity contribution in [3.05, 3.63) is 99.6 Å². The van der Waals surface area contributed by atoms with Gasteiger partial charge in [0.15, 0.2) is 5.82 Å². The molecular formula is C27H23F3N6O2. The number of halogens is 3. The monoisotopic (exact) mass is 520 g/mol. The van der Waals surface area contributed by atoms with Crippen LogP contribution < -0.4 is 10.3 Å². The van der Waals surface area contributed by atoms with Crippen molar-refractivity contribution in [2.45, 2.75) is 33.2 Å². The number of ether oxygens (including phenoxy) is 1. The zero-order valence-corrected chi connectivity index (χ0v) is 20.8. The van der Waals surface area contributed by atoms with Gasteiger partial charge in [-0.1, -0.05) is 12.1 Å². The van der Waals surface area contributed by atoms with Crippen LogP contribution in [-0.4, -0.2) is 29.3 Å². The van der Waals surface area contributed by atoms with Crippen LogP contribution in [0.25, 0.3) is 22.3 Å². The third-order valence-electron chi connectivity index (χ3n) is 6.28. The van der Waals surface area contributed by atoms with E-state index < -0.39 is 17.3 Å². The van der Waals surface area contributed by atoms with E-state index in [1.165, 1.54) is 18.6 Å². The molecule has 1 aromatic carbocycles. The Kier molecular flexibility index (Phi) is 6.43. The number of nitrogens with zero attached hydrogens (tertiary/aromatic N) is 6. The third-order valence-corrected chi connectivity index (χ3v) is 6.28.